The summed E-state index contributed by atoms with van der Waals surface area (Å²) in [7, 11) is 1.32. The molecule has 1 aromatic carbocycles. The van der Waals surface area contributed by atoms with Crippen molar-refractivity contribution in [1.29, 1.82) is 0 Å². The summed E-state index contributed by atoms with van der Waals surface area (Å²) in [4.78, 5) is 11.7. The Bertz CT molecular complexity index is 356. The molecule has 0 radical (unpaired) electrons. The maximum atomic E-state index is 10.8. The van der Waals surface area contributed by atoms with Crippen molar-refractivity contribution < 1.29 is 18.5 Å². The molecule has 0 aliphatic rings. The predicted molar refractivity (Wildman–Crippen MR) is 69.4 cm³/mol. The summed E-state index contributed by atoms with van der Waals surface area (Å²) < 4.78 is 15.0. The van der Waals surface area contributed by atoms with Crippen LogP contribution in [-0.4, -0.2) is 32.8 Å². The van der Waals surface area contributed by atoms with E-state index in [1.54, 1.807) is 0 Å². The highest BCUT2D eigenvalue weighted by molar-refractivity contribution is 7.94. The fourth-order valence-corrected chi connectivity index (χ4v) is 1.61. The number of benzene rings is 1. The SMILES string of the molecule is COC(=O)COSc1ccc(OCCCN)cc1. The number of hydrogen-bond acceptors (Lipinski definition) is 6. The van der Waals surface area contributed by atoms with Crippen LogP contribution in [0.2, 0.25) is 0 Å². The molecule has 0 bridgehead atoms. The maximum absolute atomic E-state index is 10.8. The van der Waals surface area contributed by atoms with Crippen molar-refractivity contribution in [3.05, 3.63) is 24.3 Å². The fraction of sp³-hybridized carbons (Fsp3) is 0.417. The van der Waals surface area contributed by atoms with E-state index in [4.69, 9.17) is 14.7 Å². The van der Waals surface area contributed by atoms with Gasteiger partial charge in [-0.15, -0.1) is 0 Å². The van der Waals surface area contributed by atoms with Crippen LogP contribution < -0.4 is 10.5 Å². The Balaban J connectivity index is 2.29. The van der Waals surface area contributed by atoms with Crippen LogP contribution in [0.3, 0.4) is 0 Å². The summed E-state index contributed by atoms with van der Waals surface area (Å²) in [5.41, 5.74) is 5.37. The van der Waals surface area contributed by atoms with Crippen LogP contribution in [0, 0.1) is 0 Å². The van der Waals surface area contributed by atoms with Crippen molar-refractivity contribution in [2.45, 2.75) is 11.3 Å². The second kappa shape index (κ2) is 8.79. The van der Waals surface area contributed by atoms with Gasteiger partial charge < -0.3 is 15.2 Å². The molecular formula is C12H17NO4S. The highest BCUT2D eigenvalue weighted by Gasteiger charge is 2.02. The molecular weight excluding hydrogens is 254 g/mol. The van der Waals surface area contributed by atoms with Crippen molar-refractivity contribution in [3.63, 3.8) is 0 Å². The van der Waals surface area contributed by atoms with Crippen LogP contribution >= 0.6 is 12.0 Å². The molecule has 0 aromatic heterocycles. The topological polar surface area (TPSA) is 70.8 Å². The quantitative estimate of drug-likeness (QED) is 0.440. The Morgan fingerprint density at radius 1 is 1.33 bits per heavy atom. The smallest absolute Gasteiger partial charge is 0.333 e. The number of rotatable bonds is 8. The number of esters is 1. The molecule has 0 fully saturated rings. The molecule has 6 heteroatoms. The van der Waals surface area contributed by atoms with Crippen LogP contribution in [0.5, 0.6) is 5.75 Å². The van der Waals surface area contributed by atoms with Gasteiger partial charge in [0, 0.05) is 16.9 Å². The Kier molecular flexibility index (Phi) is 7.24. The van der Waals surface area contributed by atoms with Crippen molar-refractivity contribution in [2.75, 3.05) is 26.9 Å². The molecule has 18 heavy (non-hydrogen) atoms. The van der Waals surface area contributed by atoms with Gasteiger partial charge in [-0.1, -0.05) is 0 Å². The number of nitrogens with two attached hydrogens (primary N) is 1. The second-order valence-electron chi connectivity index (χ2n) is 3.38. The first-order valence-corrected chi connectivity index (χ1v) is 6.29. The molecule has 1 rings (SSSR count). The lowest BCUT2D eigenvalue weighted by Gasteiger charge is -2.06. The molecule has 0 aliphatic heterocycles. The third-order valence-electron chi connectivity index (χ3n) is 2.00. The number of carbonyl (C=O) groups excluding carboxylic acids is 1. The highest BCUT2D eigenvalue weighted by atomic mass is 32.2. The molecule has 0 aliphatic carbocycles. The van der Waals surface area contributed by atoms with Gasteiger partial charge in [-0.3, -0.25) is 4.18 Å². The van der Waals surface area contributed by atoms with Crippen molar-refractivity contribution in [2.24, 2.45) is 5.73 Å². The monoisotopic (exact) mass is 271 g/mol. The van der Waals surface area contributed by atoms with E-state index in [0.29, 0.717) is 13.2 Å². The van der Waals surface area contributed by atoms with Crippen molar-refractivity contribution in [1.82, 2.24) is 0 Å². The van der Waals surface area contributed by atoms with Gasteiger partial charge in [0.25, 0.3) is 0 Å². The van der Waals surface area contributed by atoms with E-state index >= 15 is 0 Å². The molecule has 5 nitrogen and oxygen atoms in total. The van der Waals surface area contributed by atoms with Gasteiger partial charge in [0.2, 0.25) is 0 Å². The van der Waals surface area contributed by atoms with Gasteiger partial charge in [0.05, 0.1) is 13.7 Å². The molecule has 2 N–H and O–H groups in total. The lowest BCUT2D eigenvalue weighted by Crippen LogP contribution is -2.06. The Hall–Kier alpha value is -1.24. The second-order valence-corrected chi connectivity index (χ2v) is 4.26. The fourth-order valence-electron chi connectivity index (χ4n) is 1.07. The van der Waals surface area contributed by atoms with Gasteiger partial charge in [-0.05, 0) is 37.2 Å². The average Bonchev–Trinajstić information content (AvgIpc) is 2.40. The van der Waals surface area contributed by atoms with Gasteiger partial charge >= 0.3 is 5.97 Å². The summed E-state index contributed by atoms with van der Waals surface area (Å²) in [6.45, 7) is 1.16. The van der Waals surface area contributed by atoms with Crippen molar-refractivity contribution >= 4 is 18.0 Å². The zero-order valence-corrected chi connectivity index (χ0v) is 11.1. The van der Waals surface area contributed by atoms with E-state index in [-0.39, 0.29) is 6.61 Å². The first-order valence-electron chi connectivity index (χ1n) is 5.55. The molecule has 0 atom stereocenters. The van der Waals surface area contributed by atoms with Crippen LogP contribution in [0.25, 0.3) is 0 Å². The van der Waals surface area contributed by atoms with Crippen LogP contribution in [0.1, 0.15) is 6.42 Å². The Morgan fingerprint density at radius 2 is 2.06 bits per heavy atom. The van der Waals surface area contributed by atoms with Gasteiger partial charge in [-0.25, -0.2) is 4.79 Å². The van der Waals surface area contributed by atoms with E-state index in [0.717, 1.165) is 29.1 Å². The van der Waals surface area contributed by atoms with Gasteiger partial charge in [0.1, 0.15) is 5.75 Å². The number of methoxy groups -OCH3 is 1. The van der Waals surface area contributed by atoms with Crippen LogP contribution in [0.15, 0.2) is 29.2 Å². The van der Waals surface area contributed by atoms with E-state index in [1.165, 1.54) is 7.11 Å². The highest BCUT2D eigenvalue weighted by Crippen LogP contribution is 2.22. The van der Waals surface area contributed by atoms with Crippen LogP contribution in [-0.2, 0) is 13.7 Å². The zero-order chi connectivity index (χ0) is 13.2. The molecule has 0 saturated heterocycles. The van der Waals surface area contributed by atoms with E-state index in [2.05, 4.69) is 4.74 Å². The zero-order valence-electron chi connectivity index (χ0n) is 10.3. The molecule has 0 unspecified atom stereocenters. The lowest BCUT2D eigenvalue weighted by molar-refractivity contribution is -0.142. The van der Waals surface area contributed by atoms with E-state index in [1.807, 2.05) is 24.3 Å². The predicted octanol–water partition coefficient (Wildman–Crippen LogP) is 1.61. The number of ether oxygens (including phenoxy) is 2. The molecule has 1 aromatic rings. The summed E-state index contributed by atoms with van der Waals surface area (Å²) >= 11 is 1.12. The molecule has 0 amide bonds. The molecule has 100 valence electrons. The molecule has 0 heterocycles. The van der Waals surface area contributed by atoms with Gasteiger partial charge in [-0.2, -0.15) is 0 Å². The minimum absolute atomic E-state index is 0.0735. The van der Waals surface area contributed by atoms with Gasteiger partial charge in [0.15, 0.2) is 6.61 Å². The number of carbonyl (C=O) groups is 1. The van der Waals surface area contributed by atoms with E-state index in [9.17, 15) is 4.79 Å². The summed E-state index contributed by atoms with van der Waals surface area (Å²) in [5, 5.41) is 0. The molecule has 0 saturated carbocycles. The summed E-state index contributed by atoms with van der Waals surface area (Å²) in [6.07, 6.45) is 0.832. The third kappa shape index (κ3) is 5.90. The average molecular weight is 271 g/mol. The Morgan fingerprint density at radius 3 is 2.67 bits per heavy atom. The minimum atomic E-state index is -0.399. The number of hydrogen-bond donors (Lipinski definition) is 1. The van der Waals surface area contributed by atoms with E-state index < -0.39 is 5.97 Å². The maximum Gasteiger partial charge on any atom is 0.333 e. The molecule has 0 spiro atoms. The lowest BCUT2D eigenvalue weighted by atomic mass is 10.3. The van der Waals surface area contributed by atoms with Crippen LogP contribution in [0.4, 0.5) is 0 Å². The first kappa shape index (κ1) is 14.8. The largest absolute Gasteiger partial charge is 0.494 e. The standard InChI is InChI=1S/C12H17NO4S/c1-15-12(14)9-17-18-11-5-3-10(4-6-11)16-8-2-7-13/h3-6H,2,7-9,13H2,1H3. The normalized spacial score (nSPS) is 10.1. The third-order valence-corrected chi connectivity index (χ3v) is 2.70. The summed E-state index contributed by atoms with van der Waals surface area (Å²) in [6, 6.07) is 7.42. The Labute approximate surface area is 111 Å². The van der Waals surface area contributed by atoms with Crippen molar-refractivity contribution in [3.8, 4) is 5.75 Å². The minimum Gasteiger partial charge on any atom is -0.494 e. The first-order chi connectivity index (χ1) is 8.76. The summed E-state index contributed by atoms with van der Waals surface area (Å²) in [5.74, 6) is 0.394.